The minimum atomic E-state index is -0.644. The van der Waals surface area contributed by atoms with Crippen molar-refractivity contribution in [2.24, 2.45) is 17.3 Å². The predicted octanol–water partition coefficient (Wildman–Crippen LogP) is 3.33. The standard InChI is InChI=1S/C16H28O4/c1-11(2)9-16(15(18)19-10-12(3)4)8-6-7-14(16)20-13(5)17/h11-12,14H,6-10H2,1-5H3. The van der Waals surface area contributed by atoms with Gasteiger partial charge in [-0.2, -0.15) is 0 Å². The molecule has 0 radical (unpaired) electrons. The molecule has 2 atom stereocenters. The van der Waals surface area contributed by atoms with Crippen molar-refractivity contribution in [2.75, 3.05) is 6.61 Å². The summed E-state index contributed by atoms with van der Waals surface area (Å²) in [7, 11) is 0. The quantitative estimate of drug-likeness (QED) is 0.702. The summed E-state index contributed by atoms with van der Waals surface area (Å²) in [4.78, 5) is 23.9. The van der Waals surface area contributed by atoms with Gasteiger partial charge in [-0.05, 0) is 37.5 Å². The van der Waals surface area contributed by atoms with E-state index in [9.17, 15) is 9.59 Å². The number of carbonyl (C=O) groups excluding carboxylic acids is 2. The lowest BCUT2D eigenvalue weighted by Crippen LogP contribution is -2.43. The highest BCUT2D eigenvalue weighted by molar-refractivity contribution is 5.79. The minimum Gasteiger partial charge on any atom is -0.465 e. The maximum atomic E-state index is 12.6. The molecule has 0 aromatic carbocycles. The summed E-state index contributed by atoms with van der Waals surface area (Å²) in [5.74, 6) is 0.159. The second-order valence-corrected chi connectivity index (χ2v) is 6.74. The van der Waals surface area contributed by atoms with Crippen LogP contribution in [-0.2, 0) is 19.1 Å². The second kappa shape index (κ2) is 7.09. The van der Waals surface area contributed by atoms with Crippen LogP contribution in [0.4, 0.5) is 0 Å². The number of esters is 2. The average molecular weight is 284 g/mol. The van der Waals surface area contributed by atoms with Crippen LogP contribution in [0.25, 0.3) is 0 Å². The lowest BCUT2D eigenvalue weighted by molar-refractivity contribution is -0.172. The Labute approximate surface area is 122 Å². The van der Waals surface area contributed by atoms with Crippen molar-refractivity contribution in [1.82, 2.24) is 0 Å². The Morgan fingerprint density at radius 3 is 2.35 bits per heavy atom. The number of rotatable bonds is 6. The minimum absolute atomic E-state index is 0.191. The molecule has 1 rings (SSSR count). The molecule has 116 valence electrons. The molecule has 0 aromatic rings. The molecule has 0 spiro atoms. The lowest BCUT2D eigenvalue weighted by Gasteiger charge is -2.34. The van der Waals surface area contributed by atoms with Gasteiger partial charge in [0.05, 0.1) is 6.61 Å². The van der Waals surface area contributed by atoms with E-state index in [4.69, 9.17) is 9.47 Å². The van der Waals surface area contributed by atoms with Gasteiger partial charge < -0.3 is 9.47 Å². The first kappa shape index (κ1) is 17.0. The zero-order chi connectivity index (χ0) is 15.3. The van der Waals surface area contributed by atoms with E-state index in [1.54, 1.807) is 0 Å². The molecule has 0 bridgehead atoms. The molecular weight excluding hydrogens is 256 g/mol. The monoisotopic (exact) mass is 284 g/mol. The Bertz CT molecular complexity index is 348. The number of hydrogen-bond acceptors (Lipinski definition) is 4. The van der Waals surface area contributed by atoms with Crippen LogP contribution in [-0.4, -0.2) is 24.6 Å². The van der Waals surface area contributed by atoms with Crippen LogP contribution in [0.3, 0.4) is 0 Å². The van der Waals surface area contributed by atoms with Gasteiger partial charge in [0.1, 0.15) is 11.5 Å². The van der Waals surface area contributed by atoms with E-state index in [0.29, 0.717) is 24.9 Å². The largest absolute Gasteiger partial charge is 0.465 e. The molecule has 20 heavy (non-hydrogen) atoms. The topological polar surface area (TPSA) is 52.6 Å². The Kier molecular flexibility index (Phi) is 6.03. The van der Waals surface area contributed by atoms with Crippen molar-refractivity contribution >= 4 is 11.9 Å². The van der Waals surface area contributed by atoms with Crippen molar-refractivity contribution in [3.8, 4) is 0 Å². The third-order valence-corrected chi connectivity index (χ3v) is 3.74. The highest BCUT2D eigenvalue weighted by Crippen LogP contribution is 2.46. The summed E-state index contributed by atoms with van der Waals surface area (Å²) in [6.45, 7) is 10.0. The van der Waals surface area contributed by atoms with Gasteiger partial charge in [0, 0.05) is 6.92 Å². The van der Waals surface area contributed by atoms with Crippen LogP contribution in [0.1, 0.15) is 60.3 Å². The Morgan fingerprint density at radius 2 is 1.85 bits per heavy atom. The molecule has 0 aliphatic heterocycles. The molecule has 1 aliphatic carbocycles. The van der Waals surface area contributed by atoms with E-state index in [2.05, 4.69) is 13.8 Å². The fourth-order valence-electron chi connectivity index (χ4n) is 3.08. The molecule has 4 heteroatoms. The van der Waals surface area contributed by atoms with Crippen LogP contribution in [0.2, 0.25) is 0 Å². The fraction of sp³-hybridized carbons (Fsp3) is 0.875. The third-order valence-electron chi connectivity index (χ3n) is 3.74. The van der Waals surface area contributed by atoms with Crippen LogP contribution in [0, 0.1) is 17.3 Å². The van der Waals surface area contributed by atoms with Crippen molar-refractivity contribution in [2.45, 2.75) is 66.4 Å². The highest BCUT2D eigenvalue weighted by Gasteiger charge is 2.52. The van der Waals surface area contributed by atoms with E-state index < -0.39 is 5.41 Å². The fourth-order valence-corrected chi connectivity index (χ4v) is 3.08. The van der Waals surface area contributed by atoms with Gasteiger partial charge in [0.25, 0.3) is 0 Å². The highest BCUT2D eigenvalue weighted by atomic mass is 16.6. The van der Waals surface area contributed by atoms with E-state index in [-0.39, 0.29) is 18.0 Å². The predicted molar refractivity (Wildman–Crippen MR) is 77.1 cm³/mol. The number of hydrogen-bond donors (Lipinski definition) is 0. The molecule has 0 heterocycles. The third kappa shape index (κ3) is 4.22. The summed E-state index contributed by atoms with van der Waals surface area (Å²) in [6, 6.07) is 0. The van der Waals surface area contributed by atoms with Crippen LogP contribution in [0.15, 0.2) is 0 Å². The van der Waals surface area contributed by atoms with Crippen molar-refractivity contribution in [1.29, 1.82) is 0 Å². The Morgan fingerprint density at radius 1 is 1.20 bits per heavy atom. The van der Waals surface area contributed by atoms with Crippen molar-refractivity contribution < 1.29 is 19.1 Å². The molecule has 0 N–H and O–H groups in total. The zero-order valence-corrected chi connectivity index (χ0v) is 13.4. The van der Waals surface area contributed by atoms with Gasteiger partial charge in [-0.1, -0.05) is 27.7 Å². The van der Waals surface area contributed by atoms with E-state index in [1.165, 1.54) is 6.92 Å². The molecular formula is C16H28O4. The first-order valence-electron chi connectivity index (χ1n) is 7.62. The average Bonchev–Trinajstić information content (AvgIpc) is 2.68. The first-order chi connectivity index (χ1) is 9.28. The van der Waals surface area contributed by atoms with Gasteiger partial charge in [0.15, 0.2) is 0 Å². The summed E-state index contributed by atoms with van der Waals surface area (Å²) in [6.07, 6.45) is 2.79. The van der Waals surface area contributed by atoms with E-state index in [0.717, 1.165) is 19.3 Å². The van der Waals surface area contributed by atoms with Crippen LogP contribution >= 0.6 is 0 Å². The molecule has 4 nitrogen and oxygen atoms in total. The van der Waals surface area contributed by atoms with E-state index >= 15 is 0 Å². The maximum absolute atomic E-state index is 12.6. The van der Waals surface area contributed by atoms with Crippen molar-refractivity contribution in [3.05, 3.63) is 0 Å². The summed E-state index contributed by atoms with van der Waals surface area (Å²) < 4.78 is 10.9. The SMILES string of the molecule is CC(=O)OC1CCCC1(CC(C)C)C(=O)OCC(C)C. The Balaban J connectivity index is 2.89. The number of carbonyl (C=O) groups is 2. The molecule has 0 aromatic heterocycles. The molecule has 0 saturated heterocycles. The molecule has 1 saturated carbocycles. The zero-order valence-electron chi connectivity index (χ0n) is 13.4. The normalized spacial score (nSPS) is 26.1. The summed E-state index contributed by atoms with van der Waals surface area (Å²) >= 11 is 0. The molecule has 1 aliphatic rings. The van der Waals surface area contributed by atoms with Gasteiger partial charge in [-0.25, -0.2) is 0 Å². The van der Waals surface area contributed by atoms with Gasteiger partial charge in [-0.3, -0.25) is 9.59 Å². The molecule has 1 fully saturated rings. The van der Waals surface area contributed by atoms with Gasteiger partial charge in [-0.15, -0.1) is 0 Å². The molecule has 2 unspecified atom stereocenters. The first-order valence-corrected chi connectivity index (χ1v) is 7.62. The summed E-state index contributed by atoms with van der Waals surface area (Å²) in [5.41, 5.74) is -0.644. The second-order valence-electron chi connectivity index (χ2n) is 6.74. The maximum Gasteiger partial charge on any atom is 0.315 e. The number of ether oxygens (including phenoxy) is 2. The Hall–Kier alpha value is -1.06. The van der Waals surface area contributed by atoms with Gasteiger partial charge in [0.2, 0.25) is 0 Å². The van der Waals surface area contributed by atoms with Gasteiger partial charge >= 0.3 is 11.9 Å². The van der Waals surface area contributed by atoms with Crippen LogP contribution < -0.4 is 0 Å². The smallest absolute Gasteiger partial charge is 0.315 e. The van der Waals surface area contributed by atoms with Crippen molar-refractivity contribution in [3.63, 3.8) is 0 Å². The molecule has 0 amide bonds. The summed E-state index contributed by atoms with van der Waals surface area (Å²) in [5, 5.41) is 0. The van der Waals surface area contributed by atoms with E-state index in [1.807, 2.05) is 13.8 Å². The van der Waals surface area contributed by atoms with Crippen LogP contribution in [0.5, 0.6) is 0 Å². The lowest BCUT2D eigenvalue weighted by atomic mass is 9.76.